The molecule has 0 radical (unpaired) electrons. The summed E-state index contributed by atoms with van der Waals surface area (Å²) in [5, 5.41) is 3.02. The molecule has 1 heterocycles. The summed E-state index contributed by atoms with van der Waals surface area (Å²) in [6.07, 6.45) is 3.47. The molecular formula is C17H25ClN4O2S. The van der Waals surface area contributed by atoms with Gasteiger partial charge in [0, 0.05) is 25.1 Å². The van der Waals surface area contributed by atoms with Crippen molar-refractivity contribution in [3.05, 3.63) is 23.8 Å². The average Bonchev–Trinajstić information content (AvgIpc) is 3.06. The van der Waals surface area contributed by atoms with Crippen LogP contribution in [-0.4, -0.2) is 33.4 Å². The number of nitrogens with two attached hydrogens (primary N) is 1. The standard InChI is InChI=1S/C17H24N4O2S.ClH/c1-2-7-23-16-6-4-12(9-13(16)18)17(22)19-10-11-3-5-14-15(8-11)21-24-20-14;/h3,5,8,12-13,16H,2,4,6-7,9-10,18H2,1H3,(H,19,22);1H/t12-,13+,16+;/m0./s1. The van der Waals surface area contributed by atoms with Crippen LogP contribution < -0.4 is 11.1 Å². The zero-order valence-corrected chi connectivity index (χ0v) is 15.9. The number of benzene rings is 1. The summed E-state index contributed by atoms with van der Waals surface area (Å²) in [5.74, 6) is 0.0574. The number of hydrogen-bond donors (Lipinski definition) is 2. The number of halogens is 1. The van der Waals surface area contributed by atoms with Crippen LogP contribution in [0, 0.1) is 5.92 Å². The van der Waals surface area contributed by atoms with Crippen molar-refractivity contribution in [3.63, 3.8) is 0 Å². The molecule has 0 bridgehead atoms. The minimum atomic E-state index is -0.0570. The van der Waals surface area contributed by atoms with Gasteiger partial charge in [0.2, 0.25) is 5.91 Å². The minimum Gasteiger partial charge on any atom is -0.377 e. The first-order valence-corrected chi connectivity index (χ1v) is 9.26. The van der Waals surface area contributed by atoms with Gasteiger partial charge in [-0.2, -0.15) is 8.75 Å². The molecule has 1 aromatic carbocycles. The van der Waals surface area contributed by atoms with E-state index >= 15 is 0 Å². The Morgan fingerprint density at radius 3 is 2.92 bits per heavy atom. The van der Waals surface area contributed by atoms with Crippen molar-refractivity contribution in [3.8, 4) is 0 Å². The Kier molecular flexibility index (Phi) is 7.56. The highest BCUT2D eigenvalue weighted by atomic mass is 35.5. The highest BCUT2D eigenvalue weighted by Crippen LogP contribution is 2.26. The molecule has 0 spiro atoms. The predicted molar refractivity (Wildman–Crippen MR) is 102 cm³/mol. The molecule has 3 rings (SSSR count). The van der Waals surface area contributed by atoms with Gasteiger partial charge in [-0.3, -0.25) is 4.79 Å². The zero-order valence-electron chi connectivity index (χ0n) is 14.3. The van der Waals surface area contributed by atoms with Gasteiger partial charge < -0.3 is 15.8 Å². The first-order chi connectivity index (χ1) is 11.7. The van der Waals surface area contributed by atoms with Gasteiger partial charge in [-0.1, -0.05) is 13.0 Å². The third-order valence-corrected chi connectivity index (χ3v) is 5.08. The van der Waals surface area contributed by atoms with Crippen LogP contribution in [0.25, 0.3) is 11.0 Å². The average molecular weight is 385 g/mol. The molecular weight excluding hydrogens is 360 g/mol. The molecule has 2 aromatic rings. The Morgan fingerprint density at radius 1 is 1.36 bits per heavy atom. The maximum atomic E-state index is 12.4. The van der Waals surface area contributed by atoms with Crippen molar-refractivity contribution in [1.29, 1.82) is 0 Å². The van der Waals surface area contributed by atoms with Crippen molar-refractivity contribution in [1.82, 2.24) is 14.1 Å². The molecule has 1 fully saturated rings. The lowest BCUT2D eigenvalue weighted by Gasteiger charge is -2.33. The van der Waals surface area contributed by atoms with Crippen LogP contribution >= 0.6 is 24.1 Å². The van der Waals surface area contributed by atoms with Crippen molar-refractivity contribution >= 4 is 41.1 Å². The maximum absolute atomic E-state index is 12.4. The molecule has 3 N–H and O–H groups in total. The second-order valence-corrected chi connectivity index (χ2v) is 6.92. The molecule has 3 atom stereocenters. The first kappa shape index (κ1) is 20.0. The van der Waals surface area contributed by atoms with Crippen LogP contribution in [0.2, 0.25) is 0 Å². The lowest BCUT2D eigenvalue weighted by molar-refractivity contribution is -0.127. The molecule has 0 aliphatic heterocycles. The number of carbonyl (C=O) groups excluding carboxylic acids is 1. The number of ether oxygens (including phenoxy) is 1. The van der Waals surface area contributed by atoms with Crippen LogP contribution in [0.3, 0.4) is 0 Å². The third kappa shape index (κ3) is 5.10. The summed E-state index contributed by atoms with van der Waals surface area (Å²) < 4.78 is 14.2. The Balaban J connectivity index is 0.00000225. The zero-order chi connectivity index (χ0) is 16.9. The smallest absolute Gasteiger partial charge is 0.223 e. The van der Waals surface area contributed by atoms with Crippen LogP contribution in [-0.2, 0) is 16.1 Å². The fraction of sp³-hybridized carbons (Fsp3) is 0.588. The van der Waals surface area contributed by atoms with Gasteiger partial charge in [-0.15, -0.1) is 12.4 Å². The Labute approximate surface area is 158 Å². The Hall–Kier alpha value is -1.28. The van der Waals surface area contributed by atoms with E-state index in [9.17, 15) is 4.79 Å². The van der Waals surface area contributed by atoms with Gasteiger partial charge >= 0.3 is 0 Å². The maximum Gasteiger partial charge on any atom is 0.223 e. The number of hydrogen-bond acceptors (Lipinski definition) is 6. The Morgan fingerprint density at radius 2 is 2.16 bits per heavy atom. The number of aromatic nitrogens is 2. The quantitative estimate of drug-likeness (QED) is 0.799. The van der Waals surface area contributed by atoms with Crippen LogP contribution in [0.5, 0.6) is 0 Å². The SMILES string of the molecule is CCCO[C@@H]1CC[C@H](C(=O)NCc2ccc3nsnc3c2)C[C@H]1N.Cl. The summed E-state index contributed by atoms with van der Waals surface area (Å²) in [6, 6.07) is 5.83. The van der Waals surface area contributed by atoms with E-state index in [1.807, 2.05) is 18.2 Å². The Bertz CT molecular complexity index is 696. The highest BCUT2D eigenvalue weighted by Gasteiger charge is 2.32. The second kappa shape index (κ2) is 9.43. The minimum absolute atomic E-state index is 0. The van der Waals surface area contributed by atoms with Crippen molar-refractivity contribution in [2.45, 2.75) is 51.3 Å². The normalized spacial score (nSPS) is 23.2. The topological polar surface area (TPSA) is 90.1 Å². The molecule has 8 heteroatoms. The lowest BCUT2D eigenvalue weighted by atomic mass is 9.83. The number of nitrogens with one attached hydrogen (secondary N) is 1. The van der Waals surface area contributed by atoms with Crippen LogP contribution in [0.1, 0.15) is 38.2 Å². The first-order valence-electron chi connectivity index (χ1n) is 8.53. The van der Waals surface area contributed by atoms with Crippen molar-refractivity contribution < 1.29 is 9.53 Å². The molecule has 0 saturated heterocycles. The number of fused-ring (bicyclic) bond motifs is 1. The molecule has 0 unspecified atom stereocenters. The number of carbonyl (C=O) groups is 1. The van der Waals surface area contributed by atoms with Gasteiger partial charge in [0.1, 0.15) is 11.0 Å². The van der Waals surface area contributed by atoms with E-state index in [0.29, 0.717) is 13.0 Å². The lowest BCUT2D eigenvalue weighted by Crippen LogP contribution is -2.46. The van der Waals surface area contributed by atoms with Crippen LogP contribution in [0.4, 0.5) is 0 Å². The predicted octanol–water partition coefficient (Wildman–Crippen LogP) is 2.65. The summed E-state index contributed by atoms with van der Waals surface area (Å²) in [7, 11) is 0. The number of rotatable bonds is 6. The summed E-state index contributed by atoms with van der Waals surface area (Å²) >= 11 is 1.20. The molecule has 1 saturated carbocycles. The molecule has 1 aliphatic carbocycles. The summed E-state index contributed by atoms with van der Waals surface area (Å²) in [4.78, 5) is 12.4. The van der Waals surface area contributed by atoms with Gasteiger partial charge in [-0.25, -0.2) is 0 Å². The van der Waals surface area contributed by atoms with Gasteiger partial charge in [0.05, 0.1) is 17.8 Å². The van der Waals surface area contributed by atoms with Crippen molar-refractivity contribution in [2.75, 3.05) is 6.61 Å². The fourth-order valence-corrected chi connectivity index (χ4v) is 3.68. The van der Waals surface area contributed by atoms with E-state index in [0.717, 1.165) is 42.5 Å². The largest absolute Gasteiger partial charge is 0.377 e. The van der Waals surface area contributed by atoms with E-state index in [1.54, 1.807) is 0 Å². The van der Waals surface area contributed by atoms with E-state index in [1.165, 1.54) is 11.7 Å². The fourth-order valence-electron chi connectivity index (χ4n) is 3.16. The van der Waals surface area contributed by atoms with E-state index in [-0.39, 0.29) is 36.4 Å². The third-order valence-electron chi connectivity index (χ3n) is 4.53. The van der Waals surface area contributed by atoms with Gasteiger partial charge in [-0.05, 0) is 43.4 Å². The molecule has 6 nitrogen and oxygen atoms in total. The van der Waals surface area contributed by atoms with Crippen LogP contribution in [0.15, 0.2) is 18.2 Å². The van der Waals surface area contributed by atoms with E-state index in [4.69, 9.17) is 10.5 Å². The molecule has 25 heavy (non-hydrogen) atoms. The molecule has 1 aliphatic rings. The highest BCUT2D eigenvalue weighted by molar-refractivity contribution is 7.00. The van der Waals surface area contributed by atoms with Crippen molar-refractivity contribution in [2.24, 2.45) is 11.7 Å². The van der Waals surface area contributed by atoms with Gasteiger partial charge in [0.25, 0.3) is 0 Å². The van der Waals surface area contributed by atoms with E-state index < -0.39 is 0 Å². The van der Waals surface area contributed by atoms with E-state index in [2.05, 4.69) is 21.0 Å². The summed E-state index contributed by atoms with van der Waals surface area (Å²) in [5.41, 5.74) is 8.99. The second-order valence-electron chi connectivity index (χ2n) is 6.39. The molecule has 138 valence electrons. The van der Waals surface area contributed by atoms with Gasteiger partial charge in [0.15, 0.2) is 0 Å². The summed E-state index contributed by atoms with van der Waals surface area (Å²) in [6.45, 7) is 3.33. The number of amides is 1. The molecule has 1 aromatic heterocycles. The monoisotopic (exact) mass is 384 g/mol. The molecule has 1 amide bonds. The number of nitrogens with zero attached hydrogens (tertiary/aromatic N) is 2.